The van der Waals surface area contributed by atoms with Crippen LogP contribution in [0.5, 0.6) is 0 Å². The van der Waals surface area contributed by atoms with Crippen LogP contribution in [0.1, 0.15) is 33.1 Å². The summed E-state index contributed by atoms with van der Waals surface area (Å²) in [5.74, 6) is 0.873. The molecule has 1 aliphatic heterocycles. The topological polar surface area (TPSA) is 71.3 Å². The maximum absolute atomic E-state index is 13.2. The number of benzene rings is 2. The van der Waals surface area contributed by atoms with Crippen molar-refractivity contribution in [3.8, 4) is 0 Å². The Hall–Kier alpha value is -2.68. The highest BCUT2D eigenvalue weighted by molar-refractivity contribution is 8.00. The minimum atomic E-state index is -0.142. The molecule has 1 unspecified atom stereocenters. The van der Waals surface area contributed by atoms with Gasteiger partial charge in [0, 0.05) is 42.4 Å². The first-order valence-corrected chi connectivity index (χ1v) is 12.5. The fraction of sp³-hybridized carbons (Fsp3) is 0.292. The Labute approximate surface area is 195 Å². The number of carbonyl (C=O) groups is 1. The highest BCUT2D eigenvalue weighted by atomic mass is 32.2. The second kappa shape index (κ2) is 9.44. The van der Waals surface area contributed by atoms with E-state index in [1.807, 2.05) is 37.3 Å². The van der Waals surface area contributed by atoms with E-state index in [1.165, 1.54) is 5.56 Å². The summed E-state index contributed by atoms with van der Waals surface area (Å²) < 4.78 is 6.91. The fourth-order valence-electron chi connectivity index (χ4n) is 4.08. The first kappa shape index (κ1) is 21.2. The molecule has 0 bridgehead atoms. The summed E-state index contributed by atoms with van der Waals surface area (Å²) in [7, 11) is 0. The van der Waals surface area contributed by atoms with Crippen LogP contribution in [0.4, 0.5) is 0 Å². The third-order valence-electron chi connectivity index (χ3n) is 5.61. The normalized spacial score (nSPS) is 16.6. The number of hydrogen-bond acceptors (Lipinski definition) is 7. The zero-order chi connectivity index (χ0) is 21.9. The SMILES string of the molecule is Cc1nnc(SCc2c(C(=O)NC3CCN(Cc4ccccc4)C3)oc3ccccc23)s1. The summed E-state index contributed by atoms with van der Waals surface area (Å²) in [6, 6.07) is 18.4. The molecule has 0 saturated carbocycles. The lowest BCUT2D eigenvalue weighted by atomic mass is 10.1. The maximum atomic E-state index is 13.2. The van der Waals surface area contributed by atoms with Gasteiger partial charge in [-0.1, -0.05) is 71.6 Å². The van der Waals surface area contributed by atoms with E-state index in [-0.39, 0.29) is 11.9 Å². The lowest BCUT2D eigenvalue weighted by molar-refractivity contribution is 0.0911. The van der Waals surface area contributed by atoms with Crippen LogP contribution in [0.25, 0.3) is 11.0 Å². The predicted octanol–water partition coefficient (Wildman–Crippen LogP) is 4.89. The number of nitrogens with one attached hydrogen (secondary N) is 1. The largest absolute Gasteiger partial charge is 0.451 e. The van der Waals surface area contributed by atoms with Crippen LogP contribution in [-0.4, -0.2) is 40.1 Å². The molecule has 8 heteroatoms. The van der Waals surface area contributed by atoms with Crippen LogP contribution in [0.3, 0.4) is 0 Å². The Morgan fingerprint density at radius 1 is 1.19 bits per heavy atom. The number of nitrogens with zero attached hydrogens (tertiary/aromatic N) is 3. The van der Waals surface area contributed by atoms with Gasteiger partial charge in [0.15, 0.2) is 10.1 Å². The van der Waals surface area contributed by atoms with Gasteiger partial charge in [0.05, 0.1) is 0 Å². The lowest BCUT2D eigenvalue weighted by Crippen LogP contribution is -2.37. The van der Waals surface area contributed by atoms with E-state index in [2.05, 4.69) is 44.7 Å². The average molecular weight is 465 g/mol. The molecule has 1 fully saturated rings. The quantitative estimate of drug-likeness (QED) is 0.393. The summed E-state index contributed by atoms with van der Waals surface area (Å²) in [4.78, 5) is 15.6. The van der Waals surface area contributed by atoms with Gasteiger partial charge in [-0.15, -0.1) is 10.2 Å². The van der Waals surface area contributed by atoms with Crippen molar-refractivity contribution in [3.05, 3.63) is 76.5 Å². The molecule has 1 amide bonds. The number of amides is 1. The third kappa shape index (κ3) is 4.72. The molecular formula is C24H24N4O2S2. The van der Waals surface area contributed by atoms with Gasteiger partial charge >= 0.3 is 0 Å². The van der Waals surface area contributed by atoms with Gasteiger partial charge in [0.25, 0.3) is 5.91 Å². The summed E-state index contributed by atoms with van der Waals surface area (Å²) in [6.07, 6.45) is 0.937. The number of aryl methyl sites for hydroxylation is 1. The maximum Gasteiger partial charge on any atom is 0.287 e. The number of furan rings is 1. The molecule has 2 aromatic heterocycles. The third-order valence-corrected chi connectivity index (χ3v) is 7.61. The Morgan fingerprint density at radius 2 is 2.00 bits per heavy atom. The van der Waals surface area contributed by atoms with Gasteiger partial charge in [-0.2, -0.15) is 0 Å². The molecule has 0 spiro atoms. The number of carbonyl (C=O) groups excluding carboxylic acids is 1. The molecule has 1 aliphatic rings. The number of rotatable bonds is 7. The second-order valence-corrected chi connectivity index (χ2v) is 10.4. The number of para-hydroxylation sites is 1. The molecule has 0 radical (unpaired) electrons. The van der Waals surface area contributed by atoms with E-state index in [0.29, 0.717) is 11.5 Å². The molecule has 1 saturated heterocycles. The van der Waals surface area contributed by atoms with E-state index in [4.69, 9.17) is 4.42 Å². The van der Waals surface area contributed by atoms with E-state index in [1.54, 1.807) is 23.1 Å². The van der Waals surface area contributed by atoms with Crippen molar-refractivity contribution >= 4 is 40.0 Å². The predicted molar refractivity (Wildman–Crippen MR) is 128 cm³/mol. The first-order chi connectivity index (χ1) is 15.7. The average Bonchev–Trinajstić information content (AvgIpc) is 3.52. The first-order valence-electron chi connectivity index (χ1n) is 10.7. The Morgan fingerprint density at radius 3 is 2.81 bits per heavy atom. The Balaban J connectivity index is 1.29. The standard InChI is InChI=1S/C24H24N4O2S2/c1-16-26-27-24(32-16)31-15-20-19-9-5-6-10-21(19)30-22(20)23(29)25-18-11-12-28(14-18)13-17-7-3-2-4-8-17/h2-10,18H,11-15H2,1H3,(H,25,29). The molecule has 1 atom stereocenters. The van der Waals surface area contributed by atoms with Gasteiger partial charge in [-0.05, 0) is 25.0 Å². The van der Waals surface area contributed by atoms with Crippen molar-refractivity contribution in [2.45, 2.75) is 36.0 Å². The molecule has 0 aliphatic carbocycles. The van der Waals surface area contributed by atoms with Gasteiger partial charge in [-0.3, -0.25) is 9.69 Å². The minimum absolute atomic E-state index is 0.116. The monoisotopic (exact) mass is 464 g/mol. The van der Waals surface area contributed by atoms with Gasteiger partial charge in [0.2, 0.25) is 0 Å². The van der Waals surface area contributed by atoms with Crippen molar-refractivity contribution in [3.63, 3.8) is 0 Å². The fourth-order valence-corrected chi connectivity index (χ4v) is 5.93. The number of fused-ring (bicyclic) bond motifs is 1. The van der Waals surface area contributed by atoms with Crippen LogP contribution in [0.15, 0.2) is 63.4 Å². The molecule has 4 aromatic rings. The molecule has 1 N–H and O–H groups in total. The van der Waals surface area contributed by atoms with Crippen LogP contribution in [0.2, 0.25) is 0 Å². The number of hydrogen-bond donors (Lipinski definition) is 1. The number of thioether (sulfide) groups is 1. The summed E-state index contributed by atoms with van der Waals surface area (Å²) in [6.45, 7) is 4.66. The molecule has 5 rings (SSSR count). The van der Waals surface area contributed by atoms with Crippen molar-refractivity contribution < 1.29 is 9.21 Å². The highest BCUT2D eigenvalue weighted by Crippen LogP contribution is 2.33. The zero-order valence-corrected chi connectivity index (χ0v) is 19.4. The summed E-state index contributed by atoms with van der Waals surface area (Å²) in [5, 5.41) is 13.4. The van der Waals surface area contributed by atoms with E-state index >= 15 is 0 Å². The van der Waals surface area contributed by atoms with Crippen LogP contribution < -0.4 is 5.32 Å². The molecule has 2 aromatic carbocycles. The lowest BCUT2D eigenvalue weighted by Gasteiger charge is -2.16. The summed E-state index contributed by atoms with van der Waals surface area (Å²) in [5.41, 5.74) is 2.94. The van der Waals surface area contributed by atoms with E-state index in [0.717, 1.165) is 51.9 Å². The van der Waals surface area contributed by atoms with Crippen LogP contribution in [0, 0.1) is 6.92 Å². The molecule has 3 heterocycles. The van der Waals surface area contributed by atoms with Crippen molar-refractivity contribution in [2.24, 2.45) is 0 Å². The van der Waals surface area contributed by atoms with Gasteiger partial charge in [-0.25, -0.2) is 0 Å². The van der Waals surface area contributed by atoms with Crippen LogP contribution >= 0.6 is 23.1 Å². The van der Waals surface area contributed by atoms with E-state index in [9.17, 15) is 4.79 Å². The van der Waals surface area contributed by atoms with E-state index < -0.39 is 0 Å². The smallest absolute Gasteiger partial charge is 0.287 e. The Kier molecular flexibility index (Phi) is 6.25. The van der Waals surface area contributed by atoms with Crippen molar-refractivity contribution in [1.29, 1.82) is 0 Å². The van der Waals surface area contributed by atoms with Crippen molar-refractivity contribution in [1.82, 2.24) is 20.4 Å². The zero-order valence-electron chi connectivity index (χ0n) is 17.8. The Bertz CT molecular complexity index is 1220. The summed E-state index contributed by atoms with van der Waals surface area (Å²) >= 11 is 3.15. The molecule has 32 heavy (non-hydrogen) atoms. The highest BCUT2D eigenvalue weighted by Gasteiger charge is 2.27. The number of aromatic nitrogens is 2. The molecular weight excluding hydrogens is 440 g/mol. The van der Waals surface area contributed by atoms with Gasteiger partial charge < -0.3 is 9.73 Å². The molecule has 6 nitrogen and oxygen atoms in total. The number of likely N-dealkylation sites (tertiary alicyclic amines) is 1. The molecule has 164 valence electrons. The minimum Gasteiger partial charge on any atom is -0.451 e. The van der Waals surface area contributed by atoms with Crippen LogP contribution in [-0.2, 0) is 12.3 Å². The van der Waals surface area contributed by atoms with Crippen molar-refractivity contribution in [2.75, 3.05) is 13.1 Å². The second-order valence-electron chi connectivity index (χ2n) is 7.96. The van der Waals surface area contributed by atoms with Gasteiger partial charge in [0.1, 0.15) is 10.6 Å².